The molecule has 3 rings (SSSR count). The zero-order valence-electron chi connectivity index (χ0n) is 14.7. The molecule has 0 aliphatic heterocycles. The number of thiophene rings is 1. The van der Waals surface area contributed by atoms with E-state index in [-0.39, 0.29) is 5.56 Å². The third kappa shape index (κ3) is 3.47. The van der Waals surface area contributed by atoms with E-state index >= 15 is 0 Å². The zero-order chi connectivity index (χ0) is 18.8. The van der Waals surface area contributed by atoms with Gasteiger partial charge in [-0.25, -0.2) is 4.98 Å². The Hall–Kier alpha value is -2.32. The first-order valence-electron chi connectivity index (χ1n) is 8.08. The number of hydrogen-bond acceptors (Lipinski definition) is 6. The summed E-state index contributed by atoms with van der Waals surface area (Å²) in [5.41, 5.74) is 6.93. The zero-order valence-corrected chi connectivity index (χ0v) is 16.3. The van der Waals surface area contributed by atoms with Gasteiger partial charge in [-0.15, -0.1) is 11.3 Å². The van der Waals surface area contributed by atoms with Crippen molar-refractivity contribution in [2.24, 2.45) is 5.73 Å². The van der Waals surface area contributed by atoms with Crippen LogP contribution in [0, 0.1) is 6.92 Å². The standard InChI is InChI=1S/C18H19N3O3S2/c1-4-12(15(19)22)26-18-20-16(23)14-13(9(2)25-17(14)21-18)10-6-5-7-11(8-10)24-3/h5-8,12H,4H2,1-3H3,(H2,19,22)(H,20,21,23). The van der Waals surface area contributed by atoms with Crippen molar-refractivity contribution in [2.75, 3.05) is 7.11 Å². The van der Waals surface area contributed by atoms with Crippen LogP contribution >= 0.6 is 23.1 Å². The van der Waals surface area contributed by atoms with Crippen LogP contribution in [0.2, 0.25) is 0 Å². The van der Waals surface area contributed by atoms with Gasteiger partial charge in [-0.3, -0.25) is 9.59 Å². The smallest absolute Gasteiger partial charge is 0.260 e. The van der Waals surface area contributed by atoms with Crippen LogP contribution < -0.4 is 16.0 Å². The molecule has 0 fully saturated rings. The van der Waals surface area contributed by atoms with E-state index in [0.29, 0.717) is 21.8 Å². The minimum absolute atomic E-state index is 0.223. The van der Waals surface area contributed by atoms with Gasteiger partial charge in [0, 0.05) is 10.4 Å². The Morgan fingerprint density at radius 1 is 1.46 bits per heavy atom. The van der Waals surface area contributed by atoms with Crippen molar-refractivity contribution < 1.29 is 9.53 Å². The Morgan fingerprint density at radius 3 is 2.88 bits per heavy atom. The van der Waals surface area contributed by atoms with Crippen LogP contribution in [0.4, 0.5) is 0 Å². The average Bonchev–Trinajstić information content (AvgIpc) is 2.95. The molecule has 0 spiro atoms. The number of nitrogens with two attached hydrogens (primary N) is 1. The highest BCUT2D eigenvalue weighted by Crippen LogP contribution is 2.37. The lowest BCUT2D eigenvalue weighted by Crippen LogP contribution is -2.25. The monoisotopic (exact) mass is 389 g/mol. The molecule has 136 valence electrons. The van der Waals surface area contributed by atoms with Crippen molar-refractivity contribution in [1.29, 1.82) is 0 Å². The summed E-state index contributed by atoms with van der Waals surface area (Å²) in [6, 6.07) is 7.59. The number of methoxy groups -OCH3 is 1. The molecule has 0 aliphatic carbocycles. The van der Waals surface area contributed by atoms with E-state index in [1.807, 2.05) is 38.1 Å². The molecule has 0 radical (unpaired) electrons. The van der Waals surface area contributed by atoms with Gasteiger partial charge in [0.1, 0.15) is 10.6 Å². The van der Waals surface area contributed by atoms with E-state index in [4.69, 9.17) is 10.5 Å². The van der Waals surface area contributed by atoms with Crippen LogP contribution in [0.5, 0.6) is 5.75 Å². The number of carbonyl (C=O) groups is 1. The third-order valence-corrected chi connectivity index (χ3v) is 6.28. The molecule has 1 unspecified atom stereocenters. The molecule has 26 heavy (non-hydrogen) atoms. The molecule has 1 atom stereocenters. The van der Waals surface area contributed by atoms with Crippen LogP contribution in [0.15, 0.2) is 34.2 Å². The molecule has 0 aliphatic rings. The number of amides is 1. The number of hydrogen-bond donors (Lipinski definition) is 2. The fourth-order valence-electron chi connectivity index (χ4n) is 2.76. The molecule has 2 aromatic heterocycles. The molecule has 0 saturated heterocycles. The van der Waals surface area contributed by atoms with Gasteiger partial charge < -0.3 is 15.5 Å². The van der Waals surface area contributed by atoms with Gasteiger partial charge in [-0.1, -0.05) is 30.8 Å². The van der Waals surface area contributed by atoms with Gasteiger partial charge in [0.05, 0.1) is 17.7 Å². The minimum atomic E-state index is -0.422. The number of carbonyl (C=O) groups excluding carboxylic acids is 1. The van der Waals surface area contributed by atoms with E-state index in [9.17, 15) is 9.59 Å². The number of ether oxygens (including phenoxy) is 1. The van der Waals surface area contributed by atoms with E-state index in [1.54, 1.807) is 7.11 Å². The first-order valence-corrected chi connectivity index (χ1v) is 9.78. The lowest BCUT2D eigenvalue weighted by Gasteiger charge is -2.09. The highest BCUT2D eigenvalue weighted by molar-refractivity contribution is 8.00. The maximum atomic E-state index is 12.8. The van der Waals surface area contributed by atoms with Crippen LogP contribution in [-0.2, 0) is 4.79 Å². The number of aromatic amines is 1. The molecule has 3 N–H and O–H groups in total. The quantitative estimate of drug-likeness (QED) is 0.498. The summed E-state index contributed by atoms with van der Waals surface area (Å²) in [7, 11) is 1.61. The van der Waals surface area contributed by atoms with Crippen LogP contribution in [0.1, 0.15) is 18.2 Å². The predicted molar refractivity (Wildman–Crippen MR) is 106 cm³/mol. The summed E-state index contributed by atoms with van der Waals surface area (Å²) in [6.45, 7) is 3.83. The number of rotatable bonds is 6. The number of nitrogens with zero attached hydrogens (tertiary/aromatic N) is 1. The number of aromatic nitrogens is 2. The van der Waals surface area contributed by atoms with Gasteiger partial charge in [0.25, 0.3) is 5.56 Å². The predicted octanol–water partition coefficient (Wildman–Crippen LogP) is 3.32. The second-order valence-electron chi connectivity index (χ2n) is 5.73. The van der Waals surface area contributed by atoms with Crippen molar-refractivity contribution in [2.45, 2.75) is 30.7 Å². The van der Waals surface area contributed by atoms with Crippen molar-refractivity contribution in [1.82, 2.24) is 9.97 Å². The lowest BCUT2D eigenvalue weighted by molar-refractivity contribution is -0.117. The number of H-pyrrole nitrogens is 1. The summed E-state index contributed by atoms with van der Waals surface area (Å²) in [6.07, 6.45) is 0.570. The fourth-order valence-corrected chi connectivity index (χ4v) is 4.71. The summed E-state index contributed by atoms with van der Waals surface area (Å²) < 4.78 is 5.29. The van der Waals surface area contributed by atoms with E-state index in [0.717, 1.165) is 21.8 Å². The van der Waals surface area contributed by atoms with Crippen molar-refractivity contribution in [3.8, 4) is 16.9 Å². The maximum absolute atomic E-state index is 12.8. The number of aryl methyl sites for hydroxylation is 1. The van der Waals surface area contributed by atoms with Crippen molar-refractivity contribution >= 4 is 39.2 Å². The van der Waals surface area contributed by atoms with Crippen LogP contribution in [-0.4, -0.2) is 28.2 Å². The third-order valence-electron chi connectivity index (χ3n) is 4.02. The topological polar surface area (TPSA) is 98.1 Å². The molecule has 8 heteroatoms. The summed E-state index contributed by atoms with van der Waals surface area (Å²) >= 11 is 2.65. The SMILES string of the molecule is CCC(Sc1nc2sc(C)c(-c3cccc(OC)c3)c2c(=O)[nH]1)C(N)=O. The molecule has 1 amide bonds. The Labute approximate surface area is 158 Å². The summed E-state index contributed by atoms with van der Waals surface area (Å²) in [4.78, 5) is 33.2. The van der Waals surface area contributed by atoms with Crippen LogP contribution in [0.25, 0.3) is 21.3 Å². The number of fused-ring (bicyclic) bond motifs is 1. The maximum Gasteiger partial charge on any atom is 0.260 e. The molecular formula is C18H19N3O3S2. The van der Waals surface area contributed by atoms with E-state index in [1.165, 1.54) is 23.1 Å². The molecule has 0 bridgehead atoms. The number of thioether (sulfide) groups is 1. The highest BCUT2D eigenvalue weighted by atomic mass is 32.2. The Kier molecular flexibility index (Phi) is 5.33. The number of nitrogens with one attached hydrogen (secondary N) is 1. The summed E-state index contributed by atoms with van der Waals surface area (Å²) in [5.74, 6) is 0.310. The second-order valence-corrected chi connectivity index (χ2v) is 8.13. The van der Waals surface area contributed by atoms with Crippen LogP contribution in [0.3, 0.4) is 0 Å². The van der Waals surface area contributed by atoms with Gasteiger partial charge in [0.15, 0.2) is 5.16 Å². The fraction of sp³-hybridized carbons (Fsp3) is 0.278. The normalized spacial score (nSPS) is 12.3. The minimum Gasteiger partial charge on any atom is -0.497 e. The highest BCUT2D eigenvalue weighted by Gasteiger charge is 2.20. The molecule has 1 aromatic carbocycles. The first-order chi connectivity index (χ1) is 12.4. The Bertz CT molecular complexity index is 1030. The van der Waals surface area contributed by atoms with Gasteiger partial charge in [0.2, 0.25) is 5.91 Å². The lowest BCUT2D eigenvalue weighted by atomic mass is 10.0. The molecular weight excluding hydrogens is 370 g/mol. The largest absolute Gasteiger partial charge is 0.497 e. The molecule has 6 nitrogen and oxygen atoms in total. The van der Waals surface area contributed by atoms with Crippen molar-refractivity contribution in [3.05, 3.63) is 39.5 Å². The second kappa shape index (κ2) is 7.51. The number of primary amides is 1. The molecule has 2 heterocycles. The van der Waals surface area contributed by atoms with E-state index in [2.05, 4.69) is 9.97 Å². The van der Waals surface area contributed by atoms with Crippen molar-refractivity contribution in [3.63, 3.8) is 0 Å². The summed E-state index contributed by atoms with van der Waals surface area (Å²) in [5, 5.41) is 0.540. The Morgan fingerprint density at radius 2 is 2.23 bits per heavy atom. The van der Waals surface area contributed by atoms with Gasteiger partial charge >= 0.3 is 0 Å². The van der Waals surface area contributed by atoms with Gasteiger partial charge in [-0.05, 0) is 31.0 Å². The van der Waals surface area contributed by atoms with Gasteiger partial charge in [-0.2, -0.15) is 0 Å². The average molecular weight is 390 g/mol. The molecule has 0 saturated carbocycles. The molecule has 3 aromatic rings. The first kappa shape index (κ1) is 18.5. The number of benzene rings is 1. The Balaban J connectivity index is 2.12. The van der Waals surface area contributed by atoms with E-state index < -0.39 is 11.2 Å².